The van der Waals surface area contributed by atoms with Crippen molar-refractivity contribution in [2.24, 2.45) is 0 Å². The van der Waals surface area contributed by atoms with Crippen molar-refractivity contribution in [2.45, 2.75) is 25.8 Å². The predicted molar refractivity (Wildman–Crippen MR) is 78.8 cm³/mol. The van der Waals surface area contributed by atoms with Gasteiger partial charge >= 0.3 is 5.97 Å². The molecule has 0 radical (unpaired) electrons. The number of nitrogens with one attached hydrogen (secondary N) is 1. The highest BCUT2D eigenvalue weighted by molar-refractivity contribution is 7.99. The fourth-order valence-electron chi connectivity index (χ4n) is 2.24. The summed E-state index contributed by atoms with van der Waals surface area (Å²) >= 11 is 1.84. The average molecular weight is 296 g/mol. The van der Waals surface area contributed by atoms with Crippen LogP contribution in [0.5, 0.6) is 0 Å². The Bertz CT molecular complexity index is 541. The van der Waals surface area contributed by atoms with Crippen molar-refractivity contribution in [3.63, 3.8) is 0 Å². The monoisotopic (exact) mass is 296 g/mol. The Morgan fingerprint density at radius 3 is 2.85 bits per heavy atom. The number of anilines is 1. The molecule has 7 heteroatoms. The Morgan fingerprint density at radius 2 is 2.30 bits per heavy atom. The third kappa shape index (κ3) is 3.22. The van der Waals surface area contributed by atoms with Crippen LogP contribution in [0.1, 0.15) is 28.8 Å². The Kier molecular flexibility index (Phi) is 4.49. The summed E-state index contributed by atoms with van der Waals surface area (Å²) < 4.78 is 0. The molecule has 1 unspecified atom stereocenters. The van der Waals surface area contributed by atoms with Gasteiger partial charge in [0.25, 0.3) is 5.69 Å². The number of benzene rings is 1. The lowest BCUT2D eigenvalue weighted by atomic mass is 10.1. The Morgan fingerprint density at radius 1 is 1.55 bits per heavy atom. The molecule has 0 spiro atoms. The second-order valence-corrected chi connectivity index (χ2v) is 5.94. The topological polar surface area (TPSA) is 92.5 Å². The minimum absolute atomic E-state index is 0.0618. The largest absolute Gasteiger partial charge is 0.478 e. The van der Waals surface area contributed by atoms with E-state index in [-0.39, 0.29) is 17.3 Å². The molecule has 1 heterocycles. The first-order chi connectivity index (χ1) is 9.49. The molecule has 1 aromatic carbocycles. The number of nitro benzene ring substituents is 1. The number of aromatic carboxylic acids is 1. The highest BCUT2D eigenvalue weighted by atomic mass is 32.2. The molecule has 0 bridgehead atoms. The van der Waals surface area contributed by atoms with Gasteiger partial charge in [0.1, 0.15) is 0 Å². The van der Waals surface area contributed by atoms with E-state index in [1.165, 1.54) is 6.07 Å². The molecule has 1 aliphatic heterocycles. The van der Waals surface area contributed by atoms with Crippen LogP contribution >= 0.6 is 11.8 Å². The number of thioether (sulfide) groups is 1. The normalized spacial score (nSPS) is 18.6. The lowest BCUT2D eigenvalue weighted by molar-refractivity contribution is -0.385. The lowest BCUT2D eigenvalue weighted by Crippen LogP contribution is -2.26. The highest BCUT2D eigenvalue weighted by Gasteiger charge is 2.21. The van der Waals surface area contributed by atoms with Gasteiger partial charge in [-0.25, -0.2) is 4.79 Å². The van der Waals surface area contributed by atoms with Crippen molar-refractivity contribution < 1.29 is 14.8 Å². The predicted octanol–water partition coefficient (Wildman–Crippen LogP) is 2.91. The van der Waals surface area contributed by atoms with E-state index in [0.717, 1.165) is 30.4 Å². The van der Waals surface area contributed by atoms with Crippen LogP contribution < -0.4 is 5.32 Å². The van der Waals surface area contributed by atoms with E-state index in [1.807, 2.05) is 11.8 Å². The van der Waals surface area contributed by atoms with Crippen molar-refractivity contribution in [1.29, 1.82) is 0 Å². The number of hydrogen-bond acceptors (Lipinski definition) is 5. The molecule has 0 amide bonds. The van der Waals surface area contributed by atoms with Gasteiger partial charge in [-0.15, -0.1) is 0 Å². The Labute approximate surface area is 120 Å². The van der Waals surface area contributed by atoms with E-state index in [2.05, 4.69) is 5.32 Å². The lowest BCUT2D eigenvalue weighted by Gasteiger charge is -2.24. The molecule has 1 aromatic rings. The zero-order chi connectivity index (χ0) is 14.7. The molecular formula is C13H16N2O4S. The number of nitrogens with zero attached hydrogens (tertiary/aromatic N) is 1. The molecule has 1 saturated heterocycles. The first-order valence-corrected chi connectivity index (χ1v) is 7.51. The van der Waals surface area contributed by atoms with Gasteiger partial charge in [0.15, 0.2) is 0 Å². The molecular weight excluding hydrogens is 280 g/mol. The number of carboxylic acid groups (broad SMARTS) is 1. The van der Waals surface area contributed by atoms with Crippen molar-refractivity contribution >= 4 is 29.1 Å². The van der Waals surface area contributed by atoms with E-state index in [0.29, 0.717) is 11.3 Å². The van der Waals surface area contributed by atoms with Crippen LogP contribution in [0.2, 0.25) is 0 Å². The van der Waals surface area contributed by atoms with Gasteiger partial charge in [0.2, 0.25) is 0 Å². The van der Waals surface area contributed by atoms with E-state index in [4.69, 9.17) is 5.11 Å². The van der Waals surface area contributed by atoms with Gasteiger partial charge in [-0.3, -0.25) is 10.1 Å². The van der Waals surface area contributed by atoms with Gasteiger partial charge in [-0.1, -0.05) is 0 Å². The maximum absolute atomic E-state index is 11.1. The van der Waals surface area contributed by atoms with E-state index >= 15 is 0 Å². The van der Waals surface area contributed by atoms with E-state index in [9.17, 15) is 14.9 Å². The number of rotatable bonds is 4. The molecule has 20 heavy (non-hydrogen) atoms. The molecule has 0 aromatic heterocycles. The molecule has 6 nitrogen and oxygen atoms in total. The standard InChI is InChI=1S/C13H16N2O4S/c1-8-11(14-10-3-2-4-20-7-10)5-9(13(16)17)6-12(8)15(18)19/h5-6,10,14H,2-4,7H2,1H3,(H,16,17). The minimum Gasteiger partial charge on any atom is -0.478 e. The van der Waals surface area contributed by atoms with Crippen molar-refractivity contribution in [3.05, 3.63) is 33.4 Å². The summed E-state index contributed by atoms with van der Waals surface area (Å²) in [6.07, 6.45) is 2.10. The number of carboxylic acids is 1. The maximum Gasteiger partial charge on any atom is 0.336 e. The average Bonchev–Trinajstić information content (AvgIpc) is 2.41. The highest BCUT2D eigenvalue weighted by Crippen LogP contribution is 2.30. The van der Waals surface area contributed by atoms with Gasteiger partial charge < -0.3 is 10.4 Å². The molecule has 0 aliphatic carbocycles. The van der Waals surface area contributed by atoms with E-state index in [1.54, 1.807) is 6.92 Å². The van der Waals surface area contributed by atoms with Crippen LogP contribution in [0.4, 0.5) is 11.4 Å². The van der Waals surface area contributed by atoms with Crippen LogP contribution in [0.3, 0.4) is 0 Å². The van der Waals surface area contributed by atoms with Gasteiger partial charge in [-0.05, 0) is 31.6 Å². The first kappa shape index (κ1) is 14.6. The Hall–Kier alpha value is -1.76. The molecule has 1 aliphatic rings. The third-order valence-electron chi connectivity index (χ3n) is 3.34. The van der Waals surface area contributed by atoms with Crippen LogP contribution in [-0.2, 0) is 0 Å². The zero-order valence-corrected chi connectivity index (χ0v) is 11.9. The third-order valence-corrected chi connectivity index (χ3v) is 4.56. The van der Waals surface area contributed by atoms with Gasteiger partial charge in [0, 0.05) is 29.1 Å². The Balaban J connectivity index is 2.34. The van der Waals surface area contributed by atoms with Crippen LogP contribution in [0, 0.1) is 17.0 Å². The van der Waals surface area contributed by atoms with Crippen LogP contribution in [0.25, 0.3) is 0 Å². The summed E-state index contributed by atoms with van der Waals surface area (Å²) in [5.41, 5.74) is 0.809. The quantitative estimate of drug-likeness (QED) is 0.655. The second-order valence-electron chi connectivity index (χ2n) is 4.79. The van der Waals surface area contributed by atoms with Gasteiger partial charge in [-0.2, -0.15) is 11.8 Å². The maximum atomic E-state index is 11.1. The van der Waals surface area contributed by atoms with Gasteiger partial charge in [0.05, 0.1) is 10.5 Å². The van der Waals surface area contributed by atoms with Crippen LogP contribution in [0.15, 0.2) is 12.1 Å². The molecule has 1 atom stereocenters. The first-order valence-electron chi connectivity index (χ1n) is 6.35. The summed E-state index contributed by atoms with van der Waals surface area (Å²) in [5.74, 6) is 0.908. The molecule has 2 N–H and O–H groups in total. The summed E-state index contributed by atoms with van der Waals surface area (Å²) in [6, 6.07) is 2.82. The second kappa shape index (κ2) is 6.13. The number of carbonyl (C=O) groups is 1. The molecule has 0 saturated carbocycles. The molecule has 108 valence electrons. The number of nitro groups is 1. The van der Waals surface area contributed by atoms with Crippen molar-refractivity contribution in [2.75, 3.05) is 16.8 Å². The smallest absolute Gasteiger partial charge is 0.336 e. The number of hydrogen-bond donors (Lipinski definition) is 2. The summed E-state index contributed by atoms with van der Waals surface area (Å²) in [4.78, 5) is 21.6. The van der Waals surface area contributed by atoms with E-state index < -0.39 is 10.9 Å². The van der Waals surface area contributed by atoms with Crippen LogP contribution in [-0.4, -0.2) is 33.5 Å². The summed E-state index contributed by atoms with van der Waals surface area (Å²) in [6.45, 7) is 1.64. The molecule has 2 rings (SSSR count). The molecule has 1 fully saturated rings. The summed E-state index contributed by atoms with van der Waals surface area (Å²) in [7, 11) is 0. The fourth-order valence-corrected chi connectivity index (χ4v) is 3.31. The SMILES string of the molecule is Cc1c(NC2CCCSC2)cc(C(=O)O)cc1[N+](=O)[O-]. The summed E-state index contributed by atoms with van der Waals surface area (Å²) in [5, 5.41) is 23.3. The minimum atomic E-state index is -1.16. The van der Waals surface area contributed by atoms with Crippen molar-refractivity contribution in [1.82, 2.24) is 0 Å². The zero-order valence-electron chi connectivity index (χ0n) is 11.1. The fraction of sp³-hybridized carbons (Fsp3) is 0.462. The van der Waals surface area contributed by atoms with Crippen molar-refractivity contribution in [3.8, 4) is 0 Å².